The van der Waals surface area contributed by atoms with E-state index < -0.39 is 9.84 Å². The lowest BCUT2D eigenvalue weighted by Crippen LogP contribution is -2.43. The summed E-state index contributed by atoms with van der Waals surface area (Å²) in [6, 6.07) is 5.49. The normalized spacial score (nSPS) is 20.1. The Balaban J connectivity index is 1.78. The summed E-state index contributed by atoms with van der Waals surface area (Å²) in [6.07, 6.45) is 4.44. The maximum absolute atomic E-state index is 13.0. The molecule has 23 heavy (non-hydrogen) atoms. The van der Waals surface area contributed by atoms with Crippen molar-refractivity contribution in [3.05, 3.63) is 48.0 Å². The molecule has 2 N–H and O–H groups in total. The summed E-state index contributed by atoms with van der Waals surface area (Å²) in [4.78, 5) is 15.3. The van der Waals surface area contributed by atoms with E-state index in [-0.39, 0.29) is 29.3 Å². The Bertz CT molecular complexity index is 812. The topological polar surface area (TPSA) is 79.0 Å². The molecule has 1 aromatic heterocycles. The van der Waals surface area contributed by atoms with Gasteiger partial charge in [0.15, 0.2) is 9.84 Å². The number of benzene rings is 1. The number of halogens is 1. The molecule has 3 rings (SSSR count). The van der Waals surface area contributed by atoms with Crippen molar-refractivity contribution in [1.29, 1.82) is 0 Å². The standard InChI is InChI=1S/C16H17FN2O3S/c17-12-5-3-11(4-6-12)14-8-18-9-15(14)16(20)19-13-2-1-7-23(21,22)10-13/h3-6,8-9,13,18H,1-2,7,10H2,(H,19,20)/t13-/m0/s1. The van der Waals surface area contributed by atoms with Crippen molar-refractivity contribution in [1.82, 2.24) is 10.3 Å². The zero-order valence-electron chi connectivity index (χ0n) is 12.4. The Morgan fingerprint density at radius 3 is 2.65 bits per heavy atom. The van der Waals surface area contributed by atoms with E-state index in [2.05, 4.69) is 10.3 Å². The number of carbonyl (C=O) groups is 1. The van der Waals surface area contributed by atoms with Gasteiger partial charge in [0, 0.05) is 24.0 Å². The van der Waals surface area contributed by atoms with E-state index in [9.17, 15) is 17.6 Å². The van der Waals surface area contributed by atoms with Gasteiger partial charge in [-0.2, -0.15) is 0 Å². The molecule has 0 unspecified atom stereocenters. The molecule has 7 heteroatoms. The van der Waals surface area contributed by atoms with Crippen LogP contribution < -0.4 is 5.32 Å². The van der Waals surface area contributed by atoms with Gasteiger partial charge < -0.3 is 10.3 Å². The highest BCUT2D eigenvalue weighted by Crippen LogP contribution is 2.24. The Morgan fingerprint density at radius 1 is 1.22 bits per heavy atom. The minimum atomic E-state index is -3.08. The number of H-pyrrole nitrogens is 1. The molecule has 2 aromatic rings. The van der Waals surface area contributed by atoms with Crippen molar-refractivity contribution in [3.63, 3.8) is 0 Å². The summed E-state index contributed by atoms with van der Waals surface area (Å²) in [5.41, 5.74) is 1.79. The third-order valence-corrected chi connectivity index (χ3v) is 5.76. The predicted molar refractivity (Wildman–Crippen MR) is 85.3 cm³/mol. The SMILES string of the molecule is O=C(N[C@H]1CCCS(=O)(=O)C1)c1c[nH]cc1-c1ccc(F)cc1. The molecule has 122 valence electrons. The lowest BCUT2D eigenvalue weighted by atomic mass is 10.0. The van der Waals surface area contributed by atoms with Crippen molar-refractivity contribution in [2.45, 2.75) is 18.9 Å². The van der Waals surface area contributed by atoms with Gasteiger partial charge in [0.05, 0.1) is 17.1 Å². The predicted octanol–water partition coefficient (Wildman–Crippen LogP) is 2.13. The monoisotopic (exact) mass is 336 g/mol. The molecule has 5 nitrogen and oxygen atoms in total. The van der Waals surface area contributed by atoms with Crippen LogP contribution in [0.15, 0.2) is 36.7 Å². The van der Waals surface area contributed by atoms with Gasteiger partial charge in [0.2, 0.25) is 0 Å². The molecule has 1 amide bonds. The molecule has 0 saturated carbocycles. The first-order valence-electron chi connectivity index (χ1n) is 7.39. The van der Waals surface area contributed by atoms with Crippen LogP contribution in [-0.4, -0.2) is 36.9 Å². The number of aromatic nitrogens is 1. The largest absolute Gasteiger partial charge is 0.366 e. The highest BCUT2D eigenvalue weighted by atomic mass is 32.2. The Hall–Kier alpha value is -2.15. The van der Waals surface area contributed by atoms with Crippen molar-refractivity contribution >= 4 is 15.7 Å². The highest BCUT2D eigenvalue weighted by molar-refractivity contribution is 7.91. The number of hydrogen-bond acceptors (Lipinski definition) is 3. The van der Waals surface area contributed by atoms with Crippen LogP contribution >= 0.6 is 0 Å². The molecule has 0 radical (unpaired) electrons. The van der Waals surface area contributed by atoms with Gasteiger partial charge in [0.25, 0.3) is 5.91 Å². The molecule has 2 heterocycles. The smallest absolute Gasteiger partial charge is 0.253 e. The summed E-state index contributed by atoms with van der Waals surface area (Å²) in [5, 5.41) is 2.79. The zero-order chi connectivity index (χ0) is 16.4. The fraction of sp³-hybridized carbons (Fsp3) is 0.312. The molecule has 1 fully saturated rings. The number of carbonyl (C=O) groups excluding carboxylic acids is 1. The van der Waals surface area contributed by atoms with Crippen molar-refractivity contribution in [3.8, 4) is 11.1 Å². The van der Waals surface area contributed by atoms with Gasteiger partial charge in [0.1, 0.15) is 5.82 Å². The summed E-state index contributed by atoms with van der Waals surface area (Å²) in [7, 11) is -3.08. The molecule has 0 aliphatic carbocycles. The number of sulfone groups is 1. The molecular weight excluding hydrogens is 319 g/mol. The maximum atomic E-state index is 13.0. The van der Waals surface area contributed by atoms with Gasteiger partial charge in [-0.3, -0.25) is 4.79 Å². The Morgan fingerprint density at radius 2 is 1.96 bits per heavy atom. The van der Waals surface area contributed by atoms with Crippen LogP contribution in [0.2, 0.25) is 0 Å². The summed E-state index contributed by atoms with van der Waals surface area (Å²) in [6.45, 7) is 0. The zero-order valence-corrected chi connectivity index (χ0v) is 13.2. The first kappa shape index (κ1) is 15.7. The van der Waals surface area contributed by atoms with E-state index in [4.69, 9.17) is 0 Å². The highest BCUT2D eigenvalue weighted by Gasteiger charge is 2.27. The van der Waals surface area contributed by atoms with Crippen LogP contribution in [0.25, 0.3) is 11.1 Å². The average Bonchev–Trinajstić information content (AvgIpc) is 2.96. The van der Waals surface area contributed by atoms with Crippen LogP contribution in [0.5, 0.6) is 0 Å². The van der Waals surface area contributed by atoms with E-state index in [1.54, 1.807) is 24.5 Å². The molecule has 1 aromatic carbocycles. The Kier molecular flexibility index (Phi) is 4.21. The van der Waals surface area contributed by atoms with Crippen molar-refractivity contribution < 1.29 is 17.6 Å². The quantitative estimate of drug-likeness (QED) is 0.901. The van der Waals surface area contributed by atoms with E-state index in [0.717, 1.165) is 0 Å². The third-order valence-electron chi connectivity index (χ3n) is 3.94. The van der Waals surface area contributed by atoms with Crippen LogP contribution in [-0.2, 0) is 9.84 Å². The molecule has 1 aliphatic rings. The molecule has 0 spiro atoms. The van der Waals surface area contributed by atoms with Crippen LogP contribution in [0, 0.1) is 5.82 Å². The van der Waals surface area contributed by atoms with Crippen molar-refractivity contribution in [2.75, 3.05) is 11.5 Å². The molecule has 1 aliphatic heterocycles. The van der Waals surface area contributed by atoms with Crippen LogP contribution in [0.4, 0.5) is 4.39 Å². The fourth-order valence-corrected chi connectivity index (χ4v) is 4.46. The number of nitrogens with one attached hydrogen (secondary N) is 2. The lowest BCUT2D eigenvalue weighted by molar-refractivity contribution is 0.0939. The fourth-order valence-electron chi connectivity index (χ4n) is 2.82. The molecule has 1 saturated heterocycles. The number of amides is 1. The summed E-state index contributed by atoms with van der Waals surface area (Å²) < 4.78 is 36.3. The van der Waals surface area contributed by atoms with E-state index in [1.807, 2.05) is 0 Å². The van der Waals surface area contributed by atoms with Gasteiger partial charge in [-0.05, 0) is 30.5 Å². The van der Waals surface area contributed by atoms with E-state index in [0.29, 0.717) is 29.5 Å². The number of hydrogen-bond donors (Lipinski definition) is 2. The lowest BCUT2D eigenvalue weighted by Gasteiger charge is -2.23. The molecular formula is C16H17FN2O3S. The second-order valence-electron chi connectivity index (χ2n) is 5.72. The van der Waals surface area contributed by atoms with Crippen LogP contribution in [0.1, 0.15) is 23.2 Å². The van der Waals surface area contributed by atoms with Crippen LogP contribution in [0.3, 0.4) is 0 Å². The molecule has 1 atom stereocenters. The van der Waals surface area contributed by atoms with E-state index in [1.165, 1.54) is 12.1 Å². The first-order valence-corrected chi connectivity index (χ1v) is 9.21. The minimum absolute atomic E-state index is 0.0188. The summed E-state index contributed by atoms with van der Waals surface area (Å²) in [5.74, 6) is -0.505. The molecule has 0 bridgehead atoms. The van der Waals surface area contributed by atoms with Gasteiger partial charge >= 0.3 is 0 Å². The van der Waals surface area contributed by atoms with E-state index >= 15 is 0 Å². The number of aromatic amines is 1. The third kappa shape index (κ3) is 3.61. The second-order valence-corrected chi connectivity index (χ2v) is 7.95. The van der Waals surface area contributed by atoms with Gasteiger partial charge in [-0.15, -0.1) is 0 Å². The second kappa shape index (κ2) is 6.16. The minimum Gasteiger partial charge on any atom is -0.366 e. The summed E-state index contributed by atoms with van der Waals surface area (Å²) >= 11 is 0. The van der Waals surface area contributed by atoms with Gasteiger partial charge in [-0.1, -0.05) is 12.1 Å². The average molecular weight is 336 g/mol. The van der Waals surface area contributed by atoms with Crippen molar-refractivity contribution in [2.24, 2.45) is 0 Å². The first-order chi connectivity index (χ1) is 10.9. The number of rotatable bonds is 3. The maximum Gasteiger partial charge on any atom is 0.253 e. The Labute approximate surface area is 133 Å². The van der Waals surface area contributed by atoms with Gasteiger partial charge in [-0.25, -0.2) is 12.8 Å².